The summed E-state index contributed by atoms with van der Waals surface area (Å²) in [5, 5.41) is 2.20. The Bertz CT molecular complexity index is 126. The van der Waals surface area contributed by atoms with Crippen LogP contribution in [0.5, 0.6) is 0 Å². The van der Waals surface area contributed by atoms with Gasteiger partial charge in [0.05, 0.1) is 0 Å². The van der Waals surface area contributed by atoms with E-state index in [4.69, 9.17) is 0 Å². The molecule has 1 aliphatic heterocycles. The van der Waals surface area contributed by atoms with E-state index in [9.17, 15) is 9.59 Å². The average Bonchev–Trinajstić information content (AvgIpc) is 1.64. The van der Waals surface area contributed by atoms with Crippen LogP contribution >= 0.6 is 0 Å². The normalized spacial score (nSPS) is 16.4. The Morgan fingerprint density at radius 2 is 1.50 bits per heavy atom. The Labute approximate surface area is 87.6 Å². The second-order valence-corrected chi connectivity index (χ2v) is 1.82. The van der Waals surface area contributed by atoms with Crippen molar-refractivity contribution in [2.24, 2.45) is 0 Å². The summed E-state index contributed by atoms with van der Waals surface area (Å²) in [7, 11) is 0. The smallest absolute Gasteiger partial charge is 1.00 e. The van der Waals surface area contributed by atoms with Gasteiger partial charge < -0.3 is 12.4 Å². The van der Waals surface area contributed by atoms with Crippen molar-refractivity contribution in [1.82, 2.24) is 5.32 Å². The summed E-state index contributed by atoms with van der Waals surface area (Å²) in [6.07, 6.45) is 1.72. The van der Waals surface area contributed by atoms with Crippen molar-refractivity contribution in [2.75, 3.05) is 0 Å². The zero-order valence-electron chi connectivity index (χ0n) is 5.82. The van der Waals surface area contributed by atoms with Gasteiger partial charge in [-0.2, -0.15) is 0 Å². The molecule has 1 fully saturated rings. The molecule has 1 heterocycles. The van der Waals surface area contributed by atoms with E-state index in [0.717, 1.165) is 0 Å². The van der Waals surface area contributed by atoms with Crippen molar-refractivity contribution in [3.05, 3.63) is 0 Å². The molecule has 0 aromatic carbocycles. The van der Waals surface area contributed by atoms with Crippen LogP contribution < -0.4 is 47.3 Å². The largest absolute Gasteiger partial charge is 1.00 e. The van der Waals surface area contributed by atoms with E-state index < -0.39 is 0 Å². The molecular formula is C5H7ClNNaO2. The molecule has 0 aromatic rings. The zero-order valence-corrected chi connectivity index (χ0v) is 8.57. The summed E-state index contributed by atoms with van der Waals surface area (Å²) in [5.41, 5.74) is 0. The Morgan fingerprint density at radius 3 is 1.70 bits per heavy atom. The van der Waals surface area contributed by atoms with Crippen LogP contribution in [-0.4, -0.2) is 11.8 Å². The van der Waals surface area contributed by atoms with E-state index in [0.29, 0.717) is 19.3 Å². The maximum atomic E-state index is 10.3. The van der Waals surface area contributed by atoms with Crippen LogP contribution in [0.3, 0.4) is 0 Å². The summed E-state index contributed by atoms with van der Waals surface area (Å²) in [5.74, 6) is -0.275. The first-order valence-corrected chi connectivity index (χ1v) is 2.62. The number of hydrogen-bond acceptors (Lipinski definition) is 2. The summed E-state index contributed by atoms with van der Waals surface area (Å²) >= 11 is 0. The van der Waals surface area contributed by atoms with Crippen LogP contribution in [0.1, 0.15) is 19.3 Å². The summed E-state index contributed by atoms with van der Waals surface area (Å²) in [6.45, 7) is 0. The molecule has 0 aromatic heterocycles. The SMILES string of the molecule is O=C1CCCC(=O)N1.[Cl-].[Na+]. The Hall–Kier alpha value is 0.430. The number of nitrogens with one attached hydrogen (secondary N) is 1. The number of hydrogen-bond donors (Lipinski definition) is 1. The molecular weight excluding hydrogens is 165 g/mol. The topological polar surface area (TPSA) is 46.2 Å². The Kier molecular flexibility index (Phi) is 8.04. The minimum absolute atomic E-state index is 0. The number of carbonyl (C=O) groups excluding carboxylic acids is 2. The maximum Gasteiger partial charge on any atom is 1.00 e. The average molecular weight is 172 g/mol. The number of amides is 2. The fourth-order valence-electron chi connectivity index (χ4n) is 0.690. The summed E-state index contributed by atoms with van der Waals surface area (Å²) < 4.78 is 0. The van der Waals surface area contributed by atoms with Gasteiger partial charge in [-0.15, -0.1) is 0 Å². The molecule has 1 saturated heterocycles. The number of halogens is 1. The molecule has 10 heavy (non-hydrogen) atoms. The Balaban J connectivity index is 0. The van der Waals surface area contributed by atoms with Gasteiger partial charge in [0.25, 0.3) is 0 Å². The van der Waals surface area contributed by atoms with Crippen LogP contribution in [0.4, 0.5) is 0 Å². The quantitative estimate of drug-likeness (QED) is 0.291. The van der Waals surface area contributed by atoms with E-state index in [2.05, 4.69) is 5.32 Å². The van der Waals surface area contributed by atoms with Crippen molar-refractivity contribution < 1.29 is 51.6 Å². The van der Waals surface area contributed by atoms with E-state index in [-0.39, 0.29) is 53.8 Å². The predicted octanol–water partition coefficient (Wildman–Crippen LogP) is -6.18. The first-order valence-electron chi connectivity index (χ1n) is 2.62. The second kappa shape index (κ2) is 6.16. The number of piperidine rings is 1. The van der Waals surface area contributed by atoms with E-state index in [1.54, 1.807) is 0 Å². The van der Waals surface area contributed by atoms with Gasteiger partial charge >= 0.3 is 29.6 Å². The number of rotatable bonds is 0. The molecule has 1 aliphatic rings. The zero-order chi connectivity index (χ0) is 5.98. The molecule has 1 N–H and O–H groups in total. The fraction of sp³-hybridized carbons (Fsp3) is 0.600. The summed E-state index contributed by atoms with van der Waals surface area (Å²) in [6, 6.07) is 0. The van der Waals surface area contributed by atoms with E-state index >= 15 is 0 Å². The van der Waals surface area contributed by atoms with Crippen molar-refractivity contribution in [3.63, 3.8) is 0 Å². The molecule has 1 rings (SSSR count). The van der Waals surface area contributed by atoms with Gasteiger partial charge in [0.1, 0.15) is 0 Å². The molecule has 0 saturated carbocycles. The minimum Gasteiger partial charge on any atom is -1.00 e. The third-order valence-corrected chi connectivity index (χ3v) is 1.09. The predicted molar refractivity (Wildman–Crippen MR) is 27.0 cm³/mol. The molecule has 0 atom stereocenters. The molecule has 52 valence electrons. The number of imide groups is 1. The first kappa shape index (κ1) is 13.1. The monoisotopic (exact) mass is 171 g/mol. The second-order valence-electron chi connectivity index (χ2n) is 1.82. The van der Waals surface area contributed by atoms with Gasteiger partial charge in [0, 0.05) is 12.8 Å². The molecule has 5 heteroatoms. The van der Waals surface area contributed by atoms with Crippen LogP contribution in [0, 0.1) is 0 Å². The third-order valence-electron chi connectivity index (χ3n) is 1.09. The van der Waals surface area contributed by atoms with Crippen LogP contribution in [0.15, 0.2) is 0 Å². The van der Waals surface area contributed by atoms with E-state index in [1.165, 1.54) is 0 Å². The first-order chi connectivity index (χ1) is 3.79. The Morgan fingerprint density at radius 1 is 1.10 bits per heavy atom. The molecule has 0 radical (unpaired) electrons. The third kappa shape index (κ3) is 4.28. The van der Waals surface area contributed by atoms with Gasteiger partial charge in [-0.1, -0.05) is 0 Å². The molecule has 3 nitrogen and oxygen atoms in total. The van der Waals surface area contributed by atoms with Crippen molar-refractivity contribution in [1.29, 1.82) is 0 Å². The number of carbonyl (C=O) groups is 2. The maximum absolute atomic E-state index is 10.3. The molecule has 0 unspecified atom stereocenters. The van der Waals surface area contributed by atoms with Gasteiger partial charge in [-0.25, -0.2) is 0 Å². The van der Waals surface area contributed by atoms with Gasteiger partial charge in [0.2, 0.25) is 11.8 Å². The fourth-order valence-corrected chi connectivity index (χ4v) is 0.690. The van der Waals surface area contributed by atoms with Gasteiger partial charge in [0.15, 0.2) is 0 Å². The molecule has 0 bridgehead atoms. The standard InChI is InChI=1S/C5H7NO2.ClH.Na/c7-4-2-1-3-5(8)6-4;;/h1-3H2,(H,6,7,8);1H;/q;;+1/p-1. The van der Waals surface area contributed by atoms with Crippen molar-refractivity contribution in [2.45, 2.75) is 19.3 Å². The van der Waals surface area contributed by atoms with Crippen LogP contribution in [0.2, 0.25) is 0 Å². The molecule has 0 spiro atoms. The summed E-state index contributed by atoms with van der Waals surface area (Å²) in [4.78, 5) is 20.7. The van der Waals surface area contributed by atoms with Crippen LogP contribution in [0.25, 0.3) is 0 Å². The molecule has 2 amide bonds. The van der Waals surface area contributed by atoms with Crippen LogP contribution in [-0.2, 0) is 9.59 Å². The van der Waals surface area contributed by atoms with Gasteiger partial charge in [-0.05, 0) is 6.42 Å². The van der Waals surface area contributed by atoms with E-state index in [1.807, 2.05) is 0 Å². The minimum atomic E-state index is -0.138. The van der Waals surface area contributed by atoms with Gasteiger partial charge in [-0.3, -0.25) is 14.9 Å². The molecule has 0 aliphatic carbocycles. The van der Waals surface area contributed by atoms with Crippen molar-refractivity contribution in [3.8, 4) is 0 Å². The van der Waals surface area contributed by atoms with Crippen molar-refractivity contribution >= 4 is 11.8 Å².